The number of hydrogen-bond acceptors (Lipinski definition) is 2. The number of H-pyrrole nitrogens is 1. The van der Waals surface area contributed by atoms with Gasteiger partial charge in [0.05, 0.1) is 11.0 Å². The van der Waals surface area contributed by atoms with E-state index in [9.17, 15) is 0 Å². The van der Waals surface area contributed by atoms with Crippen molar-refractivity contribution in [3.8, 4) is 0 Å². The van der Waals surface area contributed by atoms with E-state index in [0.29, 0.717) is 11.0 Å². The molecule has 3 nitrogen and oxygen atoms in total. The first kappa shape index (κ1) is 14.8. The molecule has 1 heterocycles. The molecule has 4 heteroatoms. The lowest BCUT2D eigenvalue weighted by atomic mass is 10.0. The van der Waals surface area contributed by atoms with E-state index in [4.69, 9.17) is 11.6 Å². The average Bonchev–Trinajstić information content (AvgIpc) is 2.97. The van der Waals surface area contributed by atoms with Gasteiger partial charge in [0.25, 0.3) is 0 Å². The van der Waals surface area contributed by atoms with Crippen LogP contribution in [0.2, 0.25) is 5.02 Å². The number of anilines is 2. The van der Waals surface area contributed by atoms with Crippen molar-refractivity contribution in [2.75, 3.05) is 5.32 Å². The van der Waals surface area contributed by atoms with Gasteiger partial charge in [-0.05, 0) is 47.9 Å². The zero-order valence-electron chi connectivity index (χ0n) is 13.0. The second-order valence-electron chi connectivity index (χ2n) is 5.73. The summed E-state index contributed by atoms with van der Waals surface area (Å²) >= 11 is 6.02. The third-order valence-corrected chi connectivity index (χ3v) is 4.12. The minimum Gasteiger partial charge on any atom is -0.326 e. The van der Waals surface area contributed by atoms with Gasteiger partial charge >= 0.3 is 0 Å². The molecule has 0 atom stereocenters. The molecular weight excluding hydrogens is 318 g/mol. The summed E-state index contributed by atoms with van der Waals surface area (Å²) in [6.07, 6.45) is 0.909. The van der Waals surface area contributed by atoms with Crippen LogP contribution < -0.4 is 5.32 Å². The molecule has 1 aromatic heterocycles. The highest BCUT2D eigenvalue weighted by Gasteiger charge is 2.04. The monoisotopic (exact) mass is 333 g/mol. The number of nitrogens with one attached hydrogen (secondary N) is 2. The lowest BCUT2D eigenvalue weighted by molar-refractivity contribution is 1.19. The first-order valence-electron chi connectivity index (χ1n) is 7.81. The Kier molecular flexibility index (Phi) is 3.93. The SMILES string of the molecule is Clc1ccc2nc(Nc3cccc(Cc4ccccc4)c3)[nH]c2c1. The number of halogens is 1. The van der Waals surface area contributed by atoms with Crippen molar-refractivity contribution in [3.05, 3.63) is 88.9 Å². The molecule has 24 heavy (non-hydrogen) atoms. The van der Waals surface area contributed by atoms with Crippen LogP contribution in [0.1, 0.15) is 11.1 Å². The van der Waals surface area contributed by atoms with Crippen molar-refractivity contribution in [3.63, 3.8) is 0 Å². The molecular formula is C20H16ClN3. The van der Waals surface area contributed by atoms with Crippen molar-refractivity contribution < 1.29 is 0 Å². The summed E-state index contributed by atoms with van der Waals surface area (Å²) in [6.45, 7) is 0. The Bertz CT molecular complexity index is 977. The number of aromatic nitrogens is 2. The summed E-state index contributed by atoms with van der Waals surface area (Å²) < 4.78 is 0. The van der Waals surface area contributed by atoms with Crippen LogP contribution in [-0.4, -0.2) is 9.97 Å². The molecule has 4 rings (SSSR count). The first-order valence-corrected chi connectivity index (χ1v) is 8.19. The Morgan fingerprint density at radius 2 is 1.71 bits per heavy atom. The van der Waals surface area contributed by atoms with Crippen LogP contribution in [0.25, 0.3) is 11.0 Å². The first-order chi connectivity index (χ1) is 11.8. The maximum absolute atomic E-state index is 6.02. The molecule has 0 fully saturated rings. The van der Waals surface area contributed by atoms with E-state index in [1.54, 1.807) is 0 Å². The number of hydrogen-bond donors (Lipinski definition) is 2. The summed E-state index contributed by atoms with van der Waals surface area (Å²) in [5.41, 5.74) is 5.37. The molecule has 0 spiro atoms. The molecule has 0 saturated heterocycles. The summed E-state index contributed by atoms with van der Waals surface area (Å²) in [6, 6.07) is 24.5. The number of fused-ring (bicyclic) bond motifs is 1. The van der Waals surface area contributed by atoms with Crippen molar-refractivity contribution in [2.24, 2.45) is 0 Å². The molecule has 3 aromatic carbocycles. The molecule has 0 radical (unpaired) electrons. The lowest BCUT2D eigenvalue weighted by Gasteiger charge is -2.06. The van der Waals surface area contributed by atoms with Gasteiger partial charge in [-0.15, -0.1) is 0 Å². The second kappa shape index (κ2) is 6.38. The van der Waals surface area contributed by atoms with Gasteiger partial charge in [0.15, 0.2) is 0 Å². The van der Waals surface area contributed by atoms with E-state index in [2.05, 4.69) is 57.7 Å². The highest BCUT2D eigenvalue weighted by molar-refractivity contribution is 6.31. The Hall–Kier alpha value is -2.78. The van der Waals surface area contributed by atoms with Crippen LogP contribution in [0.5, 0.6) is 0 Å². The van der Waals surface area contributed by atoms with Crippen LogP contribution in [0.4, 0.5) is 11.6 Å². The van der Waals surface area contributed by atoms with Crippen molar-refractivity contribution in [1.29, 1.82) is 0 Å². The predicted octanol–water partition coefficient (Wildman–Crippen LogP) is 5.55. The van der Waals surface area contributed by atoms with Crippen LogP contribution in [0, 0.1) is 0 Å². The fourth-order valence-electron chi connectivity index (χ4n) is 2.77. The van der Waals surface area contributed by atoms with E-state index in [-0.39, 0.29) is 0 Å². The van der Waals surface area contributed by atoms with Gasteiger partial charge in [0.1, 0.15) is 0 Å². The van der Waals surface area contributed by atoms with Crippen molar-refractivity contribution in [2.45, 2.75) is 6.42 Å². The van der Waals surface area contributed by atoms with Gasteiger partial charge < -0.3 is 10.3 Å². The Morgan fingerprint density at radius 3 is 2.58 bits per heavy atom. The second-order valence-corrected chi connectivity index (χ2v) is 6.17. The minimum atomic E-state index is 0.697. The number of nitrogens with zero attached hydrogens (tertiary/aromatic N) is 1. The van der Waals surface area contributed by atoms with Gasteiger partial charge in [-0.3, -0.25) is 0 Å². The van der Waals surface area contributed by atoms with Gasteiger partial charge in [-0.25, -0.2) is 4.98 Å². The zero-order valence-corrected chi connectivity index (χ0v) is 13.7. The van der Waals surface area contributed by atoms with Crippen molar-refractivity contribution in [1.82, 2.24) is 9.97 Å². The minimum absolute atomic E-state index is 0.697. The van der Waals surface area contributed by atoms with E-state index in [0.717, 1.165) is 23.1 Å². The molecule has 2 N–H and O–H groups in total. The van der Waals surface area contributed by atoms with E-state index >= 15 is 0 Å². The molecule has 0 amide bonds. The third kappa shape index (κ3) is 3.26. The number of imidazole rings is 1. The number of rotatable bonds is 4. The maximum Gasteiger partial charge on any atom is 0.205 e. The summed E-state index contributed by atoms with van der Waals surface area (Å²) in [7, 11) is 0. The van der Waals surface area contributed by atoms with E-state index < -0.39 is 0 Å². The van der Waals surface area contributed by atoms with E-state index in [1.807, 2.05) is 30.3 Å². The van der Waals surface area contributed by atoms with Crippen LogP contribution in [0.3, 0.4) is 0 Å². The molecule has 0 bridgehead atoms. The van der Waals surface area contributed by atoms with Gasteiger partial charge in [0.2, 0.25) is 5.95 Å². The third-order valence-electron chi connectivity index (χ3n) is 3.88. The van der Waals surface area contributed by atoms with Gasteiger partial charge in [0, 0.05) is 10.7 Å². The average molecular weight is 334 g/mol. The highest BCUT2D eigenvalue weighted by Crippen LogP contribution is 2.22. The molecule has 0 unspecified atom stereocenters. The standard InChI is InChI=1S/C20H16ClN3/c21-16-9-10-18-19(13-16)24-20(23-18)22-17-8-4-7-15(12-17)11-14-5-2-1-3-6-14/h1-10,12-13H,11H2,(H2,22,23,24). The van der Waals surface area contributed by atoms with Gasteiger partial charge in [-0.2, -0.15) is 0 Å². The Labute approximate surface area is 145 Å². The molecule has 118 valence electrons. The van der Waals surface area contributed by atoms with Crippen LogP contribution in [-0.2, 0) is 6.42 Å². The van der Waals surface area contributed by atoms with E-state index in [1.165, 1.54) is 11.1 Å². The normalized spacial score (nSPS) is 10.9. The molecule has 4 aromatic rings. The van der Waals surface area contributed by atoms with Crippen LogP contribution in [0.15, 0.2) is 72.8 Å². The maximum atomic E-state index is 6.02. The molecule has 0 aliphatic heterocycles. The highest BCUT2D eigenvalue weighted by atomic mass is 35.5. The number of benzene rings is 3. The van der Waals surface area contributed by atoms with Gasteiger partial charge in [-0.1, -0.05) is 54.1 Å². The predicted molar refractivity (Wildman–Crippen MR) is 100 cm³/mol. The van der Waals surface area contributed by atoms with Crippen molar-refractivity contribution >= 4 is 34.3 Å². The Balaban J connectivity index is 1.56. The Morgan fingerprint density at radius 1 is 0.875 bits per heavy atom. The molecule has 0 aliphatic carbocycles. The fraction of sp³-hybridized carbons (Fsp3) is 0.0500. The fourth-order valence-corrected chi connectivity index (χ4v) is 2.94. The topological polar surface area (TPSA) is 40.7 Å². The quantitative estimate of drug-likeness (QED) is 0.514. The largest absolute Gasteiger partial charge is 0.326 e. The molecule has 0 aliphatic rings. The smallest absolute Gasteiger partial charge is 0.205 e. The van der Waals surface area contributed by atoms with Crippen LogP contribution >= 0.6 is 11.6 Å². The lowest BCUT2D eigenvalue weighted by Crippen LogP contribution is -1.94. The summed E-state index contributed by atoms with van der Waals surface area (Å²) in [5, 5.41) is 4.03. The summed E-state index contributed by atoms with van der Waals surface area (Å²) in [5.74, 6) is 0.712. The zero-order chi connectivity index (χ0) is 16.4. The molecule has 0 saturated carbocycles. The number of aromatic amines is 1. The summed E-state index contributed by atoms with van der Waals surface area (Å²) in [4.78, 5) is 7.78.